The summed E-state index contributed by atoms with van der Waals surface area (Å²) in [6, 6.07) is 11.5. The van der Waals surface area contributed by atoms with Gasteiger partial charge in [-0.2, -0.15) is 0 Å². The highest BCUT2D eigenvalue weighted by atomic mass is 19.1. The Bertz CT molecular complexity index is 1170. The lowest BCUT2D eigenvalue weighted by Crippen LogP contribution is -1.96. The van der Waals surface area contributed by atoms with Crippen LogP contribution in [0, 0.1) is 24.4 Å². The first-order valence-electron chi connectivity index (χ1n) is 8.32. The van der Waals surface area contributed by atoms with Gasteiger partial charge in [0, 0.05) is 29.1 Å². The van der Waals surface area contributed by atoms with Crippen molar-refractivity contribution in [2.24, 2.45) is 0 Å². The molecule has 0 aliphatic carbocycles. The van der Waals surface area contributed by atoms with E-state index in [1.165, 1.54) is 18.2 Å². The summed E-state index contributed by atoms with van der Waals surface area (Å²) in [5, 5.41) is 9.50. The number of fused-ring (bicyclic) bond motifs is 1. The molecule has 0 unspecified atom stereocenters. The minimum atomic E-state index is -0.686. The molecule has 2 heterocycles. The predicted octanol–water partition coefficient (Wildman–Crippen LogP) is 4.89. The van der Waals surface area contributed by atoms with E-state index in [1.807, 2.05) is 0 Å². The highest BCUT2D eigenvalue weighted by molar-refractivity contribution is 5.71. The zero-order valence-electron chi connectivity index (χ0n) is 14.4. The van der Waals surface area contributed by atoms with Crippen LogP contribution in [-0.4, -0.2) is 14.5 Å². The monoisotopic (exact) mass is 368 g/mol. The standard InChI is InChI=1S/C21H15F3N2O/c1-12-21(16-7-6-14(22)9-19(16)24)25-20-8-5-13(10-26(12)20)15-3-2-4-18(23)17(15)11-27/h2-10,27H,11H2,1H3. The van der Waals surface area contributed by atoms with Crippen molar-refractivity contribution in [3.05, 3.63) is 83.4 Å². The predicted molar refractivity (Wildman–Crippen MR) is 96.6 cm³/mol. The van der Waals surface area contributed by atoms with Crippen molar-refractivity contribution in [3.63, 3.8) is 0 Å². The van der Waals surface area contributed by atoms with Crippen molar-refractivity contribution in [1.82, 2.24) is 9.38 Å². The number of hydrogen-bond donors (Lipinski definition) is 1. The maximum Gasteiger partial charge on any atom is 0.137 e. The quantitative estimate of drug-likeness (QED) is 0.559. The second-order valence-electron chi connectivity index (χ2n) is 6.24. The van der Waals surface area contributed by atoms with Gasteiger partial charge in [0.1, 0.15) is 23.1 Å². The molecule has 0 atom stereocenters. The zero-order valence-corrected chi connectivity index (χ0v) is 14.4. The second kappa shape index (κ2) is 6.55. The molecule has 0 saturated carbocycles. The van der Waals surface area contributed by atoms with Crippen LogP contribution in [0.5, 0.6) is 0 Å². The van der Waals surface area contributed by atoms with E-state index >= 15 is 0 Å². The molecule has 4 rings (SSSR count). The van der Waals surface area contributed by atoms with E-state index < -0.39 is 24.1 Å². The van der Waals surface area contributed by atoms with Gasteiger partial charge >= 0.3 is 0 Å². The van der Waals surface area contributed by atoms with Crippen molar-refractivity contribution >= 4 is 5.65 Å². The number of halogens is 3. The number of hydrogen-bond acceptors (Lipinski definition) is 2. The Kier molecular flexibility index (Phi) is 4.20. The first-order chi connectivity index (χ1) is 13.0. The molecule has 0 bridgehead atoms. The topological polar surface area (TPSA) is 37.5 Å². The van der Waals surface area contributed by atoms with Gasteiger partial charge in [0.25, 0.3) is 0 Å². The summed E-state index contributed by atoms with van der Waals surface area (Å²) in [5.41, 5.74) is 3.34. The lowest BCUT2D eigenvalue weighted by atomic mass is 10.0. The molecule has 0 amide bonds. The lowest BCUT2D eigenvalue weighted by molar-refractivity contribution is 0.276. The molecule has 4 aromatic rings. The van der Waals surface area contributed by atoms with E-state index in [-0.39, 0.29) is 11.1 Å². The van der Waals surface area contributed by atoms with E-state index in [0.717, 1.165) is 6.07 Å². The molecule has 2 aromatic heterocycles. The Morgan fingerprint density at radius 1 is 0.963 bits per heavy atom. The number of rotatable bonds is 3. The van der Waals surface area contributed by atoms with Crippen LogP contribution in [0.2, 0.25) is 0 Å². The number of benzene rings is 2. The third-order valence-corrected chi connectivity index (χ3v) is 4.63. The number of imidazole rings is 1. The van der Waals surface area contributed by atoms with Gasteiger partial charge in [-0.05, 0) is 48.4 Å². The summed E-state index contributed by atoms with van der Waals surface area (Å²) in [6.07, 6.45) is 1.76. The third kappa shape index (κ3) is 2.88. The van der Waals surface area contributed by atoms with Gasteiger partial charge in [0.05, 0.1) is 12.3 Å². The van der Waals surface area contributed by atoms with Crippen molar-refractivity contribution in [3.8, 4) is 22.4 Å². The molecule has 136 valence electrons. The highest BCUT2D eigenvalue weighted by Crippen LogP contribution is 2.30. The first-order valence-corrected chi connectivity index (χ1v) is 8.32. The number of aromatic nitrogens is 2. The van der Waals surface area contributed by atoms with Crippen LogP contribution in [0.25, 0.3) is 28.0 Å². The van der Waals surface area contributed by atoms with Crippen LogP contribution >= 0.6 is 0 Å². The number of aliphatic hydroxyl groups excluding tert-OH is 1. The molecule has 0 radical (unpaired) electrons. The Morgan fingerprint density at radius 2 is 1.78 bits per heavy atom. The molecule has 0 saturated heterocycles. The molecule has 1 N–H and O–H groups in total. The fraction of sp³-hybridized carbons (Fsp3) is 0.0952. The van der Waals surface area contributed by atoms with Crippen molar-refractivity contribution in [2.75, 3.05) is 0 Å². The summed E-state index contributed by atoms with van der Waals surface area (Å²) >= 11 is 0. The van der Waals surface area contributed by atoms with E-state index in [4.69, 9.17) is 0 Å². The summed E-state index contributed by atoms with van der Waals surface area (Å²) in [4.78, 5) is 4.44. The first kappa shape index (κ1) is 17.3. The van der Waals surface area contributed by atoms with Crippen LogP contribution in [0.3, 0.4) is 0 Å². The average Bonchev–Trinajstić information content (AvgIpc) is 2.97. The van der Waals surface area contributed by atoms with Crippen LogP contribution in [0.1, 0.15) is 11.3 Å². The van der Waals surface area contributed by atoms with Crippen LogP contribution in [0.15, 0.2) is 54.7 Å². The summed E-state index contributed by atoms with van der Waals surface area (Å²) < 4.78 is 43.1. The van der Waals surface area contributed by atoms with E-state index in [0.29, 0.717) is 28.2 Å². The molecule has 6 heteroatoms. The highest BCUT2D eigenvalue weighted by Gasteiger charge is 2.16. The summed E-state index contributed by atoms with van der Waals surface area (Å²) in [7, 11) is 0. The van der Waals surface area contributed by atoms with Crippen molar-refractivity contribution in [1.29, 1.82) is 0 Å². The number of nitrogens with zero attached hydrogens (tertiary/aromatic N) is 2. The smallest absolute Gasteiger partial charge is 0.137 e. The van der Waals surface area contributed by atoms with Gasteiger partial charge in [0.2, 0.25) is 0 Å². The largest absolute Gasteiger partial charge is 0.392 e. The maximum atomic E-state index is 14.2. The summed E-state index contributed by atoms with van der Waals surface area (Å²) in [6.45, 7) is 1.36. The maximum absolute atomic E-state index is 14.2. The second-order valence-corrected chi connectivity index (χ2v) is 6.24. The van der Waals surface area contributed by atoms with Gasteiger partial charge < -0.3 is 9.51 Å². The molecular weight excluding hydrogens is 353 g/mol. The fourth-order valence-corrected chi connectivity index (χ4v) is 3.25. The van der Waals surface area contributed by atoms with E-state index in [9.17, 15) is 18.3 Å². The Balaban J connectivity index is 1.90. The molecule has 0 spiro atoms. The number of aliphatic hydroxyl groups is 1. The Labute approximate surface area is 153 Å². The average molecular weight is 368 g/mol. The molecule has 27 heavy (non-hydrogen) atoms. The van der Waals surface area contributed by atoms with Gasteiger partial charge in [-0.3, -0.25) is 0 Å². The molecule has 0 aliphatic heterocycles. The zero-order chi connectivity index (χ0) is 19.1. The Hall–Kier alpha value is -3.12. The van der Waals surface area contributed by atoms with Gasteiger partial charge in [-0.1, -0.05) is 12.1 Å². The number of pyridine rings is 1. The normalized spacial score (nSPS) is 11.3. The van der Waals surface area contributed by atoms with Crippen LogP contribution in [0.4, 0.5) is 13.2 Å². The molecule has 0 fully saturated rings. The lowest BCUT2D eigenvalue weighted by Gasteiger charge is -2.09. The molecule has 3 nitrogen and oxygen atoms in total. The molecule has 0 aliphatic rings. The third-order valence-electron chi connectivity index (χ3n) is 4.63. The SMILES string of the molecule is Cc1c(-c2ccc(F)cc2F)nc2ccc(-c3cccc(F)c3CO)cn12. The minimum absolute atomic E-state index is 0.208. The molecule has 2 aromatic carbocycles. The Morgan fingerprint density at radius 3 is 2.52 bits per heavy atom. The summed E-state index contributed by atoms with van der Waals surface area (Å²) in [5.74, 6) is -1.82. The van der Waals surface area contributed by atoms with E-state index in [2.05, 4.69) is 4.98 Å². The number of aryl methyl sites for hydroxylation is 1. The van der Waals surface area contributed by atoms with Crippen molar-refractivity contribution < 1.29 is 18.3 Å². The van der Waals surface area contributed by atoms with Crippen LogP contribution < -0.4 is 0 Å². The van der Waals surface area contributed by atoms with Crippen LogP contribution in [-0.2, 0) is 6.61 Å². The minimum Gasteiger partial charge on any atom is -0.392 e. The fourth-order valence-electron chi connectivity index (χ4n) is 3.25. The van der Waals surface area contributed by atoms with Gasteiger partial charge in [0.15, 0.2) is 0 Å². The molecular formula is C21H15F3N2O. The van der Waals surface area contributed by atoms with Crippen molar-refractivity contribution in [2.45, 2.75) is 13.5 Å². The van der Waals surface area contributed by atoms with E-state index in [1.54, 1.807) is 41.8 Å². The van der Waals surface area contributed by atoms with Gasteiger partial charge in [-0.15, -0.1) is 0 Å². The van der Waals surface area contributed by atoms with Gasteiger partial charge in [-0.25, -0.2) is 18.2 Å².